The van der Waals surface area contributed by atoms with Crippen molar-refractivity contribution >= 4 is 22.2 Å². The lowest BCUT2D eigenvalue weighted by atomic mass is 10.1. The van der Waals surface area contributed by atoms with Crippen molar-refractivity contribution in [3.63, 3.8) is 0 Å². The number of nitrogens with zero attached hydrogens (tertiary/aromatic N) is 3. The summed E-state index contributed by atoms with van der Waals surface area (Å²) < 4.78 is 7.15. The lowest BCUT2D eigenvalue weighted by Gasteiger charge is -2.04. The van der Waals surface area contributed by atoms with Crippen molar-refractivity contribution in [3.05, 3.63) is 72.6 Å². The number of hydrogen-bond acceptors (Lipinski definition) is 5. The minimum atomic E-state index is 0.836. The van der Waals surface area contributed by atoms with E-state index in [2.05, 4.69) is 44.9 Å². The van der Waals surface area contributed by atoms with Crippen LogP contribution in [0.1, 0.15) is 0 Å². The molecule has 0 spiro atoms. The first-order chi connectivity index (χ1) is 12.3. The molecule has 0 saturated heterocycles. The maximum Gasteiger partial charge on any atom is 0.187 e. The third-order valence-corrected chi connectivity index (χ3v) is 4.57. The topological polar surface area (TPSA) is 52.0 Å². The fourth-order valence-electron chi connectivity index (χ4n) is 2.48. The van der Waals surface area contributed by atoms with Gasteiger partial charge in [0.2, 0.25) is 0 Å². The molecule has 0 aliphatic carbocycles. The molecule has 4 aromatic rings. The first-order valence-corrected chi connectivity index (χ1v) is 8.65. The molecule has 0 aliphatic heterocycles. The fourth-order valence-corrected chi connectivity index (χ4v) is 3.22. The Labute approximate surface area is 149 Å². The van der Waals surface area contributed by atoms with Crippen molar-refractivity contribution in [2.75, 3.05) is 12.4 Å². The molecule has 0 saturated carbocycles. The van der Waals surface area contributed by atoms with Gasteiger partial charge in [0.05, 0.1) is 19.1 Å². The van der Waals surface area contributed by atoms with Crippen molar-refractivity contribution < 1.29 is 4.74 Å². The van der Waals surface area contributed by atoms with Crippen molar-refractivity contribution in [2.24, 2.45) is 0 Å². The van der Waals surface area contributed by atoms with E-state index in [1.54, 1.807) is 31.0 Å². The molecule has 0 radical (unpaired) electrons. The quantitative estimate of drug-likeness (QED) is 0.565. The Morgan fingerprint density at radius 1 is 1.04 bits per heavy atom. The average Bonchev–Trinajstić information content (AvgIpc) is 3.35. The summed E-state index contributed by atoms with van der Waals surface area (Å²) in [7, 11) is 1.66. The molecule has 0 amide bonds. The van der Waals surface area contributed by atoms with Crippen LogP contribution in [0.25, 0.3) is 16.9 Å². The molecule has 2 aromatic carbocycles. The molecular weight excluding hydrogens is 332 g/mol. The third kappa shape index (κ3) is 3.39. The van der Waals surface area contributed by atoms with Gasteiger partial charge in [-0.2, -0.15) is 0 Å². The summed E-state index contributed by atoms with van der Waals surface area (Å²) in [6.07, 6.45) is 5.48. The second-order valence-electron chi connectivity index (χ2n) is 5.41. The summed E-state index contributed by atoms with van der Waals surface area (Å²) in [5, 5.41) is 6.23. The minimum absolute atomic E-state index is 0.836. The molecule has 0 bridgehead atoms. The number of anilines is 2. The Hall–Kier alpha value is -3.12. The molecule has 0 atom stereocenters. The van der Waals surface area contributed by atoms with Crippen LogP contribution in [0.3, 0.4) is 0 Å². The van der Waals surface area contributed by atoms with Crippen LogP contribution < -0.4 is 10.1 Å². The highest BCUT2D eigenvalue weighted by atomic mass is 32.1. The highest BCUT2D eigenvalue weighted by molar-refractivity contribution is 7.14. The molecule has 0 unspecified atom stereocenters. The zero-order chi connectivity index (χ0) is 17.1. The Morgan fingerprint density at radius 2 is 1.84 bits per heavy atom. The van der Waals surface area contributed by atoms with E-state index in [9.17, 15) is 0 Å². The normalized spacial score (nSPS) is 10.6. The summed E-state index contributed by atoms with van der Waals surface area (Å²) in [5.74, 6) is 0.836. The highest BCUT2D eigenvalue weighted by Crippen LogP contribution is 2.28. The number of methoxy groups -OCH3 is 1. The van der Waals surface area contributed by atoms with Gasteiger partial charge in [0.15, 0.2) is 5.13 Å². The summed E-state index contributed by atoms with van der Waals surface area (Å²) in [5.41, 5.74) is 4.10. The van der Waals surface area contributed by atoms with E-state index >= 15 is 0 Å². The fraction of sp³-hybridized carbons (Fsp3) is 0.0526. The summed E-state index contributed by atoms with van der Waals surface area (Å²) in [6.45, 7) is 0. The van der Waals surface area contributed by atoms with Crippen LogP contribution in [0, 0.1) is 0 Å². The third-order valence-electron chi connectivity index (χ3n) is 3.81. The Balaban J connectivity index is 1.50. The predicted molar refractivity (Wildman–Crippen MR) is 101 cm³/mol. The van der Waals surface area contributed by atoms with E-state index in [-0.39, 0.29) is 0 Å². The van der Waals surface area contributed by atoms with Crippen LogP contribution in [-0.4, -0.2) is 21.6 Å². The first kappa shape index (κ1) is 15.4. The van der Waals surface area contributed by atoms with E-state index in [0.29, 0.717) is 0 Å². The van der Waals surface area contributed by atoms with Crippen LogP contribution in [0.2, 0.25) is 0 Å². The minimum Gasteiger partial charge on any atom is -0.497 e. The van der Waals surface area contributed by atoms with Crippen molar-refractivity contribution in [3.8, 4) is 22.7 Å². The summed E-state index contributed by atoms with van der Waals surface area (Å²) >= 11 is 1.58. The largest absolute Gasteiger partial charge is 0.497 e. The zero-order valence-electron chi connectivity index (χ0n) is 13.6. The van der Waals surface area contributed by atoms with Crippen molar-refractivity contribution in [1.82, 2.24) is 14.5 Å². The summed E-state index contributed by atoms with van der Waals surface area (Å²) in [4.78, 5) is 8.74. The second kappa shape index (κ2) is 6.78. The number of benzene rings is 2. The average molecular weight is 348 g/mol. The van der Waals surface area contributed by atoms with Gasteiger partial charge in [0.1, 0.15) is 5.75 Å². The first-order valence-electron chi connectivity index (χ1n) is 7.77. The molecule has 5 nitrogen and oxygen atoms in total. The smallest absolute Gasteiger partial charge is 0.187 e. The van der Waals surface area contributed by atoms with Crippen LogP contribution in [0.15, 0.2) is 72.6 Å². The Bertz CT molecular complexity index is 944. The molecule has 124 valence electrons. The van der Waals surface area contributed by atoms with E-state index in [4.69, 9.17) is 4.74 Å². The van der Waals surface area contributed by atoms with Crippen LogP contribution in [-0.2, 0) is 0 Å². The number of imidazole rings is 1. The van der Waals surface area contributed by atoms with Gasteiger partial charge >= 0.3 is 0 Å². The summed E-state index contributed by atoms with van der Waals surface area (Å²) in [6, 6.07) is 16.1. The number of rotatable bonds is 5. The molecule has 2 heterocycles. The Kier molecular flexibility index (Phi) is 4.18. The van der Waals surface area contributed by atoms with E-state index in [1.807, 2.05) is 35.0 Å². The van der Waals surface area contributed by atoms with Crippen LogP contribution in [0.4, 0.5) is 10.8 Å². The van der Waals surface area contributed by atoms with Gasteiger partial charge < -0.3 is 14.6 Å². The number of aromatic nitrogens is 3. The van der Waals surface area contributed by atoms with Crippen molar-refractivity contribution in [1.29, 1.82) is 0 Å². The number of nitrogens with one attached hydrogen (secondary N) is 1. The molecule has 0 aliphatic rings. The van der Waals surface area contributed by atoms with Gasteiger partial charge in [-0.15, -0.1) is 11.3 Å². The number of thiazole rings is 1. The molecule has 2 aromatic heterocycles. The van der Waals surface area contributed by atoms with Gasteiger partial charge in [0.25, 0.3) is 0 Å². The van der Waals surface area contributed by atoms with Gasteiger partial charge in [-0.25, -0.2) is 9.97 Å². The van der Waals surface area contributed by atoms with Crippen molar-refractivity contribution in [2.45, 2.75) is 0 Å². The lowest BCUT2D eigenvalue weighted by Crippen LogP contribution is -1.91. The zero-order valence-corrected chi connectivity index (χ0v) is 14.4. The van der Waals surface area contributed by atoms with Gasteiger partial charge in [-0.05, 0) is 36.4 Å². The molecule has 25 heavy (non-hydrogen) atoms. The monoisotopic (exact) mass is 348 g/mol. The Morgan fingerprint density at radius 3 is 2.52 bits per heavy atom. The molecule has 6 heteroatoms. The molecule has 4 rings (SSSR count). The van der Waals surface area contributed by atoms with E-state index in [0.717, 1.165) is 33.5 Å². The maximum atomic E-state index is 5.17. The van der Waals surface area contributed by atoms with E-state index in [1.165, 1.54) is 0 Å². The maximum absolute atomic E-state index is 5.17. The standard InChI is InChI=1S/C19H16N4OS/c1-24-17-8-4-15(5-9-17)21-19-22-18(12-25-19)14-2-6-16(7-3-14)23-11-10-20-13-23/h2-13H,1H3,(H,21,22). The van der Waals surface area contributed by atoms with E-state index < -0.39 is 0 Å². The molecule has 0 fully saturated rings. The number of ether oxygens (including phenoxy) is 1. The van der Waals surface area contributed by atoms with Gasteiger partial charge in [-0.3, -0.25) is 0 Å². The lowest BCUT2D eigenvalue weighted by molar-refractivity contribution is 0.415. The van der Waals surface area contributed by atoms with Gasteiger partial charge in [0, 0.05) is 34.7 Å². The molecular formula is C19H16N4OS. The van der Waals surface area contributed by atoms with Gasteiger partial charge in [-0.1, -0.05) is 12.1 Å². The molecule has 1 N–H and O–H groups in total. The SMILES string of the molecule is COc1ccc(Nc2nc(-c3ccc(-n4ccnc4)cc3)cs2)cc1. The number of hydrogen-bond donors (Lipinski definition) is 1. The highest BCUT2D eigenvalue weighted by Gasteiger charge is 2.06. The van der Waals surface area contributed by atoms with Crippen LogP contribution >= 0.6 is 11.3 Å². The predicted octanol–water partition coefficient (Wildman–Crippen LogP) is 4.75. The van der Waals surface area contributed by atoms with Crippen LogP contribution in [0.5, 0.6) is 5.75 Å². The second-order valence-corrected chi connectivity index (χ2v) is 6.27.